The van der Waals surface area contributed by atoms with Crippen LogP contribution in [0.25, 0.3) is 10.2 Å². The molecule has 7 heteroatoms. The predicted molar refractivity (Wildman–Crippen MR) is 92.5 cm³/mol. The fourth-order valence-corrected chi connectivity index (χ4v) is 5.20. The molecule has 0 spiro atoms. The third-order valence-corrected chi connectivity index (χ3v) is 7.37. The minimum Gasteiger partial charge on any atom is -0.347 e. The van der Waals surface area contributed by atoms with Crippen molar-refractivity contribution in [2.45, 2.75) is 37.6 Å². The van der Waals surface area contributed by atoms with Gasteiger partial charge in [0.2, 0.25) is 5.91 Å². The zero-order chi connectivity index (χ0) is 17.0. The van der Waals surface area contributed by atoms with Crippen LogP contribution in [0.15, 0.2) is 18.2 Å². The highest BCUT2D eigenvalue weighted by Crippen LogP contribution is 2.70. The number of carbonyl (C=O) groups excluding carboxylic acids is 1. The molecule has 1 amide bonds. The van der Waals surface area contributed by atoms with E-state index in [9.17, 15) is 9.18 Å². The van der Waals surface area contributed by atoms with Crippen molar-refractivity contribution in [3.05, 3.63) is 29.0 Å². The van der Waals surface area contributed by atoms with E-state index in [1.165, 1.54) is 23.5 Å². The summed E-state index contributed by atoms with van der Waals surface area (Å²) in [6, 6.07) is 4.17. The Labute approximate surface area is 148 Å². The van der Waals surface area contributed by atoms with Crippen LogP contribution in [-0.4, -0.2) is 15.2 Å². The molecule has 0 saturated heterocycles. The van der Waals surface area contributed by atoms with Gasteiger partial charge in [-0.2, -0.15) is 0 Å². The minimum atomic E-state index is -1.03. The number of hydrogen-bond acceptors (Lipinski definition) is 3. The molecule has 1 heterocycles. The number of halogens is 3. The van der Waals surface area contributed by atoms with E-state index in [2.05, 4.69) is 10.3 Å². The van der Waals surface area contributed by atoms with E-state index in [0.29, 0.717) is 6.42 Å². The summed E-state index contributed by atoms with van der Waals surface area (Å²) in [5.41, 5.74) is -0.0331. The van der Waals surface area contributed by atoms with Gasteiger partial charge >= 0.3 is 0 Å². The fraction of sp³-hybridized carbons (Fsp3) is 0.500. The Hall–Kier alpha value is -0.910. The summed E-state index contributed by atoms with van der Waals surface area (Å²) in [4.78, 5) is 17.1. The predicted octanol–water partition coefficient (Wildman–Crippen LogP) is 4.83. The fourth-order valence-electron chi connectivity index (χ4n) is 3.18. The smallest absolute Gasteiger partial charge is 0.230 e. The van der Waals surface area contributed by atoms with E-state index in [-0.39, 0.29) is 23.7 Å². The number of nitrogens with zero attached hydrogens (tertiary/aromatic N) is 1. The van der Waals surface area contributed by atoms with Crippen LogP contribution in [0.3, 0.4) is 0 Å². The second-order valence-electron chi connectivity index (χ2n) is 6.03. The molecule has 1 aromatic heterocycles. The zero-order valence-corrected chi connectivity index (χ0v) is 15.3. The van der Waals surface area contributed by atoms with Gasteiger partial charge in [-0.25, -0.2) is 9.37 Å². The average Bonchev–Trinajstić information content (AvgIpc) is 2.81. The van der Waals surface area contributed by atoms with Gasteiger partial charge in [0, 0.05) is 5.92 Å². The maximum atomic E-state index is 13.3. The Balaban J connectivity index is 1.81. The van der Waals surface area contributed by atoms with Crippen LogP contribution in [0.5, 0.6) is 0 Å². The Morgan fingerprint density at radius 2 is 2.17 bits per heavy atom. The summed E-state index contributed by atoms with van der Waals surface area (Å²) >= 11 is 13.9. The molecule has 1 aliphatic carbocycles. The first kappa shape index (κ1) is 16.9. The Kier molecular flexibility index (Phi) is 4.10. The quantitative estimate of drug-likeness (QED) is 0.778. The molecule has 23 heavy (non-hydrogen) atoms. The molecule has 3 nitrogen and oxygen atoms in total. The second-order valence-corrected chi connectivity index (χ2v) is 8.48. The molecule has 0 bridgehead atoms. The number of carbonyl (C=O) groups is 1. The van der Waals surface area contributed by atoms with Crippen molar-refractivity contribution in [2.75, 3.05) is 0 Å². The maximum absolute atomic E-state index is 13.3. The average molecular weight is 375 g/mol. The molecule has 2 unspecified atom stereocenters. The molecular weight excluding hydrogens is 358 g/mol. The lowest BCUT2D eigenvalue weighted by molar-refractivity contribution is -0.127. The Morgan fingerprint density at radius 1 is 1.52 bits per heavy atom. The van der Waals surface area contributed by atoms with Gasteiger partial charge in [0.15, 0.2) is 0 Å². The zero-order valence-electron chi connectivity index (χ0n) is 13.0. The topological polar surface area (TPSA) is 42.0 Å². The largest absolute Gasteiger partial charge is 0.347 e. The summed E-state index contributed by atoms with van der Waals surface area (Å²) in [6.07, 6.45) is 0.574. The van der Waals surface area contributed by atoms with Crippen molar-refractivity contribution < 1.29 is 9.18 Å². The SMILES string of the molecule is CCC1(C(=O)N[C@H](C)c2nc3ccc(F)cc3s2)C(C)C1(Cl)Cl. The van der Waals surface area contributed by atoms with E-state index < -0.39 is 9.75 Å². The van der Waals surface area contributed by atoms with E-state index in [0.717, 1.165) is 15.2 Å². The van der Waals surface area contributed by atoms with Crippen LogP contribution in [0.1, 0.15) is 38.2 Å². The number of hydrogen-bond donors (Lipinski definition) is 1. The van der Waals surface area contributed by atoms with Gasteiger partial charge in [-0.1, -0.05) is 13.8 Å². The Morgan fingerprint density at radius 3 is 2.74 bits per heavy atom. The van der Waals surface area contributed by atoms with Crippen molar-refractivity contribution in [2.24, 2.45) is 11.3 Å². The molecule has 0 aliphatic heterocycles. The number of nitrogens with one attached hydrogen (secondary N) is 1. The number of fused-ring (bicyclic) bond motifs is 1. The third kappa shape index (κ3) is 2.44. The standard InChI is InChI=1S/C16H17Cl2FN2OS/c1-4-15(9(3)16(15,17)18)14(22)20-8(2)13-21-11-6-5-10(19)7-12(11)23-13/h5-9H,4H2,1-3H3,(H,20,22)/t8-,9?,15?/m1/s1. The van der Waals surface area contributed by atoms with Gasteiger partial charge in [-0.3, -0.25) is 4.79 Å². The summed E-state index contributed by atoms with van der Waals surface area (Å²) in [7, 11) is 0. The van der Waals surface area contributed by atoms with Gasteiger partial charge < -0.3 is 5.32 Å². The summed E-state index contributed by atoms with van der Waals surface area (Å²) in [6.45, 7) is 5.65. The molecule has 1 aliphatic rings. The lowest BCUT2D eigenvalue weighted by Crippen LogP contribution is -2.36. The number of benzene rings is 1. The summed E-state index contributed by atoms with van der Waals surface area (Å²) in [5, 5.41) is 3.69. The molecule has 1 N–H and O–H groups in total. The molecule has 1 saturated carbocycles. The van der Waals surface area contributed by atoms with Crippen molar-refractivity contribution in [3.8, 4) is 0 Å². The van der Waals surface area contributed by atoms with Crippen LogP contribution in [0.2, 0.25) is 0 Å². The number of alkyl halides is 2. The highest BCUT2D eigenvalue weighted by molar-refractivity contribution is 7.18. The normalized spacial score (nSPS) is 27.0. The molecule has 2 aromatic rings. The van der Waals surface area contributed by atoms with Gasteiger partial charge in [0.25, 0.3) is 0 Å². The van der Waals surface area contributed by atoms with E-state index >= 15 is 0 Å². The van der Waals surface area contributed by atoms with Crippen LogP contribution >= 0.6 is 34.5 Å². The first-order valence-electron chi connectivity index (χ1n) is 7.48. The number of thiazole rings is 1. The van der Waals surface area contributed by atoms with Crippen LogP contribution in [0, 0.1) is 17.2 Å². The second kappa shape index (κ2) is 5.57. The highest BCUT2D eigenvalue weighted by atomic mass is 35.5. The summed E-state index contributed by atoms with van der Waals surface area (Å²) in [5.74, 6) is -0.550. The molecule has 1 fully saturated rings. The lowest BCUT2D eigenvalue weighted by Gasteiger charge is -2.19. The number of aromatic nitrogens is 1. The van der Waals surface area contributed by atoms with Gasteiger partial charge in [-0.05, 0) is 31.5 Å². The van der Waals surface area contributed by atoms with Crippen molar-refractivity contribution in [1.82, 2.24) is 10.3 Å². The summed E-state index contributed by atoms with van der Waals surface area (Å²) < 4.78 is 13.0. The molecule has 3 rings (SSSR count). The number of rotatable bonds is 4. The van der Waals surface area contributed by atoms with Crippen LogP contribution < -0.4 is 5.32 Å². The van der Waals surface area contributed by atoms with Gasteiger partial charge in [-0.15, -0.1) is 34.5 Å². The van der Waals surface area contributed by atoms with Crippen molar-refractivity contribution in [3.63, 3.8) is 0 Å². The van der Waals surface area contributed by atoms with E-state index in [1.54, 1.807) is 6.07 Å². The third-order valence-electron chi connectivity index (χ3n) is 4.84. The first-order valence-corrected chi connectivity index (χ1v) is 9.06. The molecule has 1 aromatic carbocycles. The van der Waals surface area contributed by atoms with Crippen LogP contribution in [0.4, 0.5) is 4.39 Å². The van der Waals surface area contributed by atoms with Crippen LogP contribution in [-0.2, 0) is 4.79 Å². The molecule has 3 atom stereocenters. The van der Waals surface area contributed by atoms with Crippen molar-refractivity contribution >= 4 is 50.7 Å². The number of amides is 1. The maximum Gasteiger partial charge on any atom is 0.230 e. The van der Waals surface area contributed by atoms with E-state index in [4.69, 9.17) is 23.2 Å². The van der Waals surface area contributed by atoms with E-state index in [1.807, 2.05) is 20.8 Å². The molecular formula is C16H17Cl2FN2OS. The molecule has 124 valence electrons. The Bertz CT molecular complexity index is 779. The highest BCUT2D eigenvalue weighted by Gasteiger charge is 2.76. The van der Waals surface area contributed by atoms with Gasteiger partial charge in [0.1, 0.15) is 15.2 Å². The monoisotopic (exact) mass is 374 g/mol. The minimum absolute atomic E-state index is 0.0972. The first-order chi connectivity index (χ1) is 10.7. The van der Waals surface area contributed by atoms with Crippen molar-refractivity contribution in [1.29, 1.82) is 0 Å². The van der Waals surface area contributed by atoms with Gasteiger partial charge in [0.05, 0.1) is 21.7 Å². The lowest BCUT2D eigenvalue weighted by atomic mass is 9.99. The molecule has 0 radical (unpaired) electrons.